The largest absolute Gasteiger partial charge is 0.370 e. The average molecular weight is 307 g/mol. The minimum atomic E-state index is -0.0778. The third-order valence-corrected chi connectivity index (χ3v) is 5.53. The summed E-state index contributed by atoms with van der Waals surface area (Å²) in [4.78, 5) is 0.856. The predicted molar refractivity (Wildman–Crippen MR) is 80.3 cm³/mol. The first kappa shape index (κ1) is 13.6. The molecule has 4 rings (SSSR count). The lowest BCUT2D eigenvalue weighted by Gasteiger charge is -2.32. The van der Waals surface area contributed by atoms with Crippen molar-refractivity contribution in [2.75, 3.05) is 6.61 Å². The number of nitrogens with zero attached hydrogens (tertiary/aromatic N) is 4. The molecule has 0 aromatic carbocycles. The topological polar surface area (TPSA) is 78.3 Å². The van der Waals surface area contributed by atoms with Crippen LogP contribution in [0.25, 0.3) is 4.96 Å². The monoisotopic (exact) mass is 307 g/mol. The van der Waals surface area contributed by atoms with Gasteiger partial charge in [-0.25, -0.2) is 0 Å². The van der Waals surface area contributed by atoms with Gasteiger partial charge in [-0.3, -0.25) is 0 Å². The number of ether oxygens (including phenoxy) is 1. The van der Waals surface area contributed by atoms with Crippen LogP contribution in [0.4, 0.5) is 0 Å². The second kappa shape index (κ2) is 5.30. The minimum Gasteiger partial charge on any atom is -0.370 e. The Bertz CT molecular complexity index is 624. The molecule has 0 radical (unpaired) electrons. The van der Waals surface area contributed by atoms with Crippen molar-refractivity contribution in [2.45, 2.75) is 63.0 Å². The zero-order valence-electron chi connectivity index (χ0n) is 12.1. The molecular formula is C14H21N5OS. The van der Waals surface area contributed by atoms with Crippen molar-refractivity contribution in [3.05, 3.63) is 10.8 Å². The fourth-order valence-corrected chi connectivity index (χ4v) is 4.45. The predicted octanol–water partition coefficient (Wildman–Crippen LogP) is 2.24. The lowest BCUT2D eigenvalue weighted by atomic mass is 9.80. The van der Waals surface area contributed by atoms with Crippen LogP contribution < -0.4 is 5.73 Å². The van der Waals surface area contributed by atoms with E-state index in [-0.39, 0.29) is 11.6 Å². The van der Waals surface area contributed by atoms with Gasteiger partial charge >= 0.3 is 0 Å². The fraction of sp³-hybridized carbons (Fsp3) is 0.786. The first-order valence-electron chi connectivity index (χ1n) is 7.85. The summed E-state index contributed by atoms with van der Waals surface area (Å²) in [6, 6.07) is 0. The van der Waals surface area contributed by atoms with E-state index < -0.39 is 0 Å². The van der Waals surface area contributed by atoms with Gasteiger partial charge in [0.2, 0.25) is 4.96 Å². The fourth-order valence-electron chi connectivity index (χ4n) is 3.46. The van der Waals surface area contributed by atoms with E-state index in [0.29, 0.717) is 0 Å². The second-order valence-electron chi connectivity index (χ2n) is 6.35. The van der Waals surface area contributed by atoms with E-state index in [0.717, 1.165) is 54.5 Å². The van der Waals surface area contributed by atoms with Crippen LogP contribution in [0.5, 0.6) is 0 Å². The Labute approximate surface area is 127 Å². The highest BCUT2D eigenvalue weighted by Crippen LogP contribution is 2.32. The van der Waals surface area contributed by atoms with Crippen LogP contribution >= 0.6 is 11.3 Å². The highest BCUT2D eigenvalue weighted by molar-refractivity contribution is 7.16. The number of rotatable bonds is 3. The second-order valence-corrected chi connectivity index (χ2v) is 7.39. The molecule has 6 nitrogen and oxygen atoms in total. The van der Waals surface area contributed by atoms with Crippen LogP contribution in [-0.4, -0.2) is 32.0 Å². The Kier molecular flexibility index (Phi) is 3.43. The molecule has 7 heteroatoms. The maximum atomic E-state index is 6.54. The molecule has 1 saturated carbocycles. The number of hydrogen-bond acceptors (Lipinski definition) is 6. The van der Waals surface area contributed by atoms with Gasteiger partial charge in [0.1, 0.15) is 11.1 Å². The molecule has 21 heavy (non-hydrogen) atoms. The van der Waals surface area contributed by atoms with E-state index in [4.69, 9.17) is 15.6 Å². The number of hydrogen-bond donors (Lipinski definition) is 1. The molecular weight excluding hydrogens is 286 g/mol. The van der Waals surface area contributed by atoms with Gasteiger partial charge in [0.05, 0.1) is 0 Å². The molecule has 2 N–H and O–H groups in total. The normalized spacial score (nSPS) is 25.7. The third kappa shape index (κ3) is 2.58. The molecule has 3 heterocycles. The van der Waals surface area contributed by atoms with Gasteiger partial charge in [-0.2, -0.15) is 9.61 Å². The summed E-state index contributed by atoms with van der Waals surface area (Å²) >= 11 is 1.61. The quantitative estimate of drug-likeness (QED) is 0.941. The van der Waals surface area contributed by atoms with E-state index >= 15 is 0 Å². The Balaban J connectivity index is 1.59. The summed E-state index contributed by atoms with van der Waals surface area (Å²) < 4.78 is 7.56. The molecule has 1 atom stereocenters. The van der Waals surface area contributed by atoms with Gasteiger partial charge in [-0.05, 0) is 25.7 Å². The highest BCUT2D eigenvalue weighted by atomic mass is 32.1. The van der Waals surface area contributed by atoms with Crippen molar-refractivity contribution >= 4 is 16.3 Å². The molecule has 0 bridgehead atoms. The Morgan fingerprint density at radius 3 is 2.86 bits per heavy atom. The summed E-state index contributed by atoms with van der Waals surface area (Å²) in [6.45, 7) is 0.808. The van der Waals surface area contributed by atoms with Gasteiger partial charge in [-0.15, -0.1) is 10.2 Å². The van der Waals surface area contributed by atoms with Crippen LogP contribution in [0.2, 0.25) is 0 Å². The van der Waals surface area contributed by atoms with Gasteiger partial charge in [0.15, 0.2) is 5.82 Å². The van der Waals surface area contributed by atoms with E-state index in [1.54, 1.807) is 11.3 Å². The van der Waals surface area contributed by atoms with Gasteiger partial charge < -0.3 is 10.5 Å². The maximum Gasteiger partial charge on any atom is 0.234 e. The van der Waals surface area contributed by atoms with E-state index in [2.05, 4.69) is 10.2 Å². The molecule has 1 aliphatic carbocycles. The van der Waals surface area contributed by atoms with Crippen LogP contribution in [-0.2, 0) is 11.2 Å². The van der Waals surface area contributed by atoms with Crippen molar-refractivity contribution in [3.63, 3.8) is 0 Å². The zero-order chi connectivity index (χ0) is 14.3. The SMILES string of the molecule is NC1(Cc2nn3c(C4CCCO4)nnc3s2)CCCCC1. The van der Waals surface area contributed by atoms with Gasteiger partial charge in [-0.1, -0.05) is 30.6 Å². The van der Waals surface area contributed by atoms with Gasteiger partial charge in [0.25, 0.3) is 0 Å². The van der Waals surface area contributed by atoms with E-state index in [1.165, 1.54) is 19.3 Å². The summed E-state index contributed by atoms with van der Waals surface area (Å²) in [7, 11) is 0. The van der Waals surface area contributed by atoms with Crippen molar-refractivity contribution in [3.8, 4) is 0 Å². The average Bonchev–Trinajstić information content (AvgIpc) is 3.14. The summed E-state index contributed by atoms with van der Waals surface area (Å²) in [5.74, 6) is 0.847. The smallest absolute Gasteiger partial charge is 0.234 e. The zero-order valence-corrected chi connectivity index (χ0v) is 12.9. The highest BCUT2D eigenvalue weighted by Gasteiger charge is 2.30. The first-order valence-corrected chi connectivity index (χ1v) is 8.67. The van der Waals surface area contributed by atoms with Crippen molar-refractivity contribution in [2.24, 2.45) is 5.73 Å². The molecule has 1 saturated heterocycles. The lowest BCUT2D eigenvalue weighted by Crippen LogP contribution is -2.43. The standard InChI is InChI=1S/C14H21N5OS/c15-14(6-2-1-3-7-14)9-11-18-19-12(10-5-4-8-20-10)16-17-13(19)21-11/h10H,1-9,15H2. The number of fused-ring (bicyclic) bond motifs is 1. The van der Waals surface area contributed by atoms with E-state index in [9.17, 15) is 0 Å². The Morgan fingerprint density at radius 2 is 2.10 bits per heavy atom. The van der Waals surface area contributed by atoms with Crippen LogP contribution in [0.1, 0.15) is 61.9 Å². The Morgan fingerprint density at radius 1 is 1.24 bits per heavy atom. The molecule has 2 aliphatic rings. The summed E-state index contributed by atoms with van der Waals surface area (Å²) in [5, 5.41) is 14.3. The minimum absolute atomic E-state index is 0.0523. The molecule has 2 fully saturated rings. The number of aromatic nitrogens is 4. The molecule has 2 aromatic rings. The third-order valence-electron chi connectivity index (χ3n) is 4.63. The van der Waals surface area contributed by atoms with Gasteiger partial charge in [0, 0.05) is 18.6 Å². The molecule has 2 aromatic heterocycles. The number of nitrogens with two attached hydrogens (primary N) is 1. The van der Waals surface area contributed by atoms with Crippen molar-refractivity contribution < 1.29 is 4.74 Å². The summed E-state index contributed by atoms with van der Waals surface area (Å²) in [5.41, 5.74) is 6.46. The van der Waals surface area contributed by atoms with Crippen LogP contribution in [0.15, 0.2) is 0 Å². The first-order chi connectivity index (χ1) is 10.2. The van der Waals surface area contributed by atoms with Crippen molar-refractivity contribution in [1.82, 2.24) is 19.8 Å². The summed E-state index contributed by atoms with van der Waals surface area (Å²) in [6.07, 6.45) is 8.99. The van der Waals surface area contributed by atoms with Crippen molar-refractivity contribution in [1.29, 1.82) is 0 Å². The molecule has 114 valence electrons. The van der Waals surface area contributed by atoms with E-state index in [1.807, 2.05) is 4.52 Å². The maximum absolute atomic E-state index is 6.54. The molecule has 1 aliphatic heterocycles. The molecule has 0 spiro atoms. The Hall–Kier alpha value is -1.05. The van der Waals surface area contributed by atoms with Crippen LogP contribution in [0, 0.1) is 0 Å². The molecule has 0 amide bonds. The van der Waals surface area contributed by atoms with Crippen LogP contribution in [0.3, 0.4) is 0 Å². The molecule has 1 unspecified atom stereocenters. The lowest BCUT2D eigenvalue weighted by molar-refractivity contribution is 0.103.